The van der Waals surface area contributed by atoms with Gasteiger partial charge in [-0.25, -0.2) is 9.97 Å². The lowest BCUT2D eigenvalue weighted by Gasteiger charge is -2.06. The Morgan fingerprint density at radius 2 is 1.70 bits per heavy atom. The minimum Gasteiger partial charge on any atom is -0.258 e. The topological polar surface area (TPSA) is 68.9 Å². The number of benzene rings is 2. The summed E-state index contributed by atoms with van der Waals surface area (Å²) in [5.41, 5.74) is 2.90. The maximum Gasteiger partial charge on any atom is 0.269 e. The van der Waals surface area contributed by atoms with Crippen molar-refractivity contribution in [3.8, 4) is 34.9 Å². The number of nitro benzene ring substituents is 1. The normalized spacial score (nSPS) is 10.0. The van der Waals surface area contributed by atoms with Crippen LogP contribution in [0.1, 0.15) is 5.69 Å². The molecule has 0 saturated heterocycles. The van der Waals surface area contributed by atoms with Gasteiger partial charge in [0.15, 0.2) is 5.82 Å². The Morgan fingerprint density at radius 1 is 1.00 bits per heavy atom. The third kappa shape index (κ3) is 2.92. The molecule has 0 atom stereocenters. The zero-order valence-electron chi connectivity index (χ0n) is 12.0. The number of rotatable bonds is 3. The van der Waals surface area contributed by atoms with Gasteiger partial charge in [-0.1, -0.05) is 30.3 Å². The first-order chi connectivity index (χ1) is 11.2. The second-order valence-electron chi connectivity index (χ2n) is 4.77. The van der Waals surface area contributed by atoms with E-state index in [9.17, 15) is 10.1 Å². The lowest BCUT2D eigenvalue weighted by Crippen LogP contribution is -1.96. The smallest absolute Gasteiger partial charge is 0.258 e. The minimum atomic E-state index is -0.448. The molecule has 3 rings (SSSR count). The van der Waals surface area contributed by atoms with E-state index in [2.05, 4.69) is 15.9 Å². The molecule has 0 aliphatic heterocycles. The van der Waals surface area contributed by atoms with Crippen molar-refractivity contribution >= 4 is 5.69 Å². The monoisotopic (exact) mass is 301 g/mol. The Bertz CT molecular complexity index is 898. The Morgan fingerprint density at radius 3 is 2.30 bits per heavy atom. The Balaban J connectivity index is 2.03. The van der Waals surface area contributed by atoms with Crippen LogP contribution in [0.4, 0.5) is 5.69 Å². The van der Waals surface area contributed by atoms with Crippen molar-refractivity contribution in [1.82, 2.24) is 9.97 Å². The summed E-state index contributed by atoms with van der Waals surface area (Å²) in [5, 5.41) is 10.7. The van der Waals surface area contributed by atoms with Gasteiger partial charge in [-0.2, -0.15) is 0 Å². The predicted molar refractivity (Wildman–Crippen MR) is 87.5 cm³/mol. The standard InChI is InChI=1S/C18H11N3O2/c1-2-17-16(13-6-4-3-5-7-13)12-19-18(20-17)14-8-10-15(11-9-14)21(22)23/h1,3-12H. The van der Waals surface area contributed by atoms with E-state index in [4.69, 9.17) is 6.42 Å². The molecule has 0 aliphatic rings. The van der Waals surface area contributed by atoms with Crippen LogP contribution in [0.15, 0.2) is 60.8 Å². The fourth-order valence-corrected chi connectivity index (χ4v) is 2.19. The van der Waals surface area contributed by atoms with Crippen LogP contribution in [0.3, 0.4) is 0 Å². The maximum absolute atomic E-state index is 10.7. The van der Waals surface area contributed by atoms with E-state index >= 15 is 0 Å². The predicted octanol–water partition coefficient (Wildman–Crippen LogP) is 3.70. The number of nitro groups is 1. The molecular formula is C18H11N3O2. The van der Waals surface area contributed by atoms with Gasteiger partial charge in [-0.05, 0) is 23.6 Å². The summed E-state index contributed by atoms with van der Waals surface area (Å²) < 4.78 is 0. The molecule has 1 aromatic heterocycles. The Hall–Kier alpha value is -3.52. The zero-order valence-corrected chi connectivity index (χ0v) is 12.0. The number of nitrogens with zero attached hydrogens (tertiary/aromatic N) is 3. The third-order valence-electron chi connectivity index (χ3n) is 3.35. The van der Waals surface area contributed by atoms with Crippen LogP contribution in [0.5, 0.6) is 0 Å². The lowest BCUT2D eigenvalue weighted by atomic mass is 10.1. The highest BCUT2D eigenvalue weighted by molar-refractivity contribution is 5.70. The molecule has 0 unspecified atom stereocenters. The molecule has 5 nitrogen and oxygen atoms in total. The number of aromatic nitrogens is 2. The van der Waals surface area contributed by atoms with Crippen molar-refractivity contribution in [1.29, 1.82) is 0 Å². The van der Waals surface area contributed by atoms with Gasteiger partial charge in [0.05, 0.1) is 4.92 Å². The highest BCUT2D eigenvalue weighted by Crippen LogP contribution is 2.24. The van der Waals surface area contributed by atoms with E-state index in [0.29, 0.717) is 17.1 Å². The van der Waals surface area contributed by atoms with Crippen LogP contribution in [0, 0.1) is 22.5 Å². The largest absolute Gasteiger partial charge is 0.269 e. The molecule has 0 saturated carbocycles. The fourth-order valence-electron chi connectivity index (χ4n) is 2.19. The van der Waals surface area contributed by atoms with Crippen LogP contribution >= 0.6 is 0 Å². The number of hydrogen-bond donors (Lipinski definition) is 0. The summed E-state index contributed by atoms with van der Waals surface area (Å²) in [7, 11) is 0. The van der Waals surface area contributed by atoms with Crippen molar-refractivity contribution in [3.63, 3.8) is 0 Å². The highest BCUT2D eigenvalue weighted by Gasteiger charge is 2.10. The summed E-state index contributed by atoms with van der Waals surface area (Å²) in [6.45, 7) is 0. The van der Waals surface area contributed by atoms with E-state index in [1.54, 1.807) is 18.3 Å². The average molecular weight is 301 g/mol. The second kappa shape index (κ2) is 6.08. The van der Waals surface area contributed by atoms with Crippen LogP contribution in [0.25, 0.3) is 22.5 Å². The highest BCUT2D eigenvalue weighted by atomic mass is 16.6. The van der Waals surface area contributed by atoms with E-state index < -0.39 is 4.92 Å². The molecule has 3 aromatic rings. The van der Waals surface area contributed by atoms with Crippen LogP contribution < -0.4 is 0 Å². The first kappa shape index (κ1) is 14.4. The molecule has 2 aromatic carbocycles. The quantitative estimate of drug-likeness (QED) is 0.420. The number of non-ortho nitro benzene ring substituents is 1. The average Bonchev–Trinajstić information content (AvgIpc) is 2.62. The molecular weight excluding hydrogens is 290 g/mol. The van der Waals surface area contributed by atoms with E-state index in [-0.39, 0.29) is 5.69 Å². The molecule has 0 N–H and O–H groups in total. The molecule has 0 spiro atoms. The van der Waals surface area contributed by atoms with Gasteiger partial charge in [0, 0.05) is 29.5 Å². The van der Waals surface area contributed by atoms with Crippen LogP contribution in [-0.4, -0.2) is 14.9 Å². The van der Waals surface area contributed by atoms with Gasteiger partial charge in [0.2, 0.25) is 0 Å². The Labute approximate surface area is 132 Å². The van der Waals surface area contributed by atoms with E-state index in [0.717, 1.165) is 11.1 Å². The SMILES string of the molecule is C#Cc1nc(-c2ccc([N+](=O)[O-])cc2)ncc1-c1ccccc1. The molecule has 0 amide bonds. The second-order valence-corrected chi connectivity index (χ2v) is 4.77. The first-order valence-corrected chi connectivity index (χ1v) is 6.83. The van der Waals surface area contributed by atoms with Crippen molar-refractivity contribution < 1.29 is 4.92 Å². The molecule has 0 aliphatic carbocycles. The van der Waals surface area contributed by atoms with Crippen molar-refractivity contribution in [3.05, 3.63) is 76.6 Å². The van der Waals surface area contributed by atoms with Gasteiger partial charge < -0.3 is 0 Å². The van der Waals surface area contributed by atoms with E-state index in [1.165, 1.54) is 12.1 Å². The summed E-state index contributed by atoms with van der Waals surface area (Å²) in [5.74, 6) is 3.01. The van der Waals surface area contributed by atoms with Gasteiger partial charge in [-0.3, -0.25) is 10.1 Å². The van der Waals surface area contributed by atoms with Crippen LogP contribution in [0.2, 0.25) is 0 Å². The Kier molecular flexibility index (Phi) is 3.81. The molecule has 0 radical (unpaired) electrons. The van der Waals surface area contributed by atoms with E-state index in [1.807, 2.05) is 30.3 Å². The number of hydrogen-bond acceptors (Lipinski definition) is 4. The van der Waals surface area contributed by atoms with Gasteiger partial charge in [0.25, 0.3) is 5.69 Å². The molecule has 5 heteroatoms. The van der Waals surface area contributed by atoms with Crippen molar-refractivity contribution in [2.75, 3.05) is 0 Å². The summed E-state index contributed by atoms with van der Waals surface area (Å²) in [6.07, 6.45) is 7.24. The molecule has 110 valence electrons. The first-order valence-electron chi connectivity index (χ1n) is 6.83. The van der Waals surface area contributed by atoms with Crippen molar-refractivity contribution in [2.45, 2.75) is 0 Å². The van der Waals surface area contributed by atoms with Gasteiger partial charge in [0.1, 0.15) is 5.69 Å². The molecule has 0 bridgehead atoms. The molecule has 23 heavy (non-hydrogen) atoms. The van der Waals surface area contributed by atoms with Gasteiger partial charge in [-0.15, -0.1) is 6.42 Å². The maximum atomic E-state index is 10.7. The lowest BCUT2D eigenvalue weighted by molar-refractivity contribution is -0.384. The minimum absolute atomic E-state index is 0.0202. The fraction of sp³-hybridized carbons (Fsp3) is 0. The van der Waals surface area contributed by atoms with Crippen LogP contribution in [-0.2, 0) is 0 Å². The third-order valence-corrected chi connectivity index (χ3v) is 3.35. The summed E-state index contributed by atoms with van der Waals surface area (Å²) in [4.78, 5) is 19.0. The summed E-state index contributed by atoms with van der Waals surface area (Å²) >= 11 is 0. The van der Waals surface area contributed by atoms with Gasteiger partial charge >= 0.3 is 0 Å². The summed E-state index contributed by atoms with van der Waals surface area (Å²) in [6, 6.07) is 15.7. The zero-order chi connectivity index (χ0) is 16.2. The molecule has 0 fully saturated rings. The number of terminal acetylenes is 1. The van der Waals surface area contributed by atoms with Crippen molar-refractivity contribution in [2.24, 2.45) is 0 Å². The molecule has 1 heterocycles.